The summed E-state index contributed by atoms with van der Waals surface area (Å²) in [5.41, 5.74) is 0. The first-order valence-electron chi connectivity index (χ1n) is 9.71. The van der Waals surface area contributed by atoms with E-state index in [9.17, 15) is 14.7 Å². The van der Waals surface area contributed by atoms with Gasteiger partial charge in [-0.05, 0) is 25.7 Å². The predicted octanol–water partition coefficient (Wildman–Crippen LogP) is 0.182. The van der Waals surface area contributed by atoms with E-state index >= 15 is 0 Å². The lowest BCUT2D eigenvalue weighted by atomic mass is 9.79. The van der Waals surface area contributed by atoms with E-state index in [2.05, 4.69) is 15.5 Å². The van der Waals surface area contributed by atoms with Gasteiger partial charge in [-0.2, -0.15) is 0 Å². The number of aliphatic hydroxyl groups excluding tert-OH is 1. The van der Waals surface area contributed by atoms with Crippen molar-refractivity contribution in [3.8, 4) is 0 Å². The van der Waals surface area contributed by atoms with Gasteiger partial charge in [-0.3, -0.25) is 9.59 Å². The molecule has 1 aliphatic carbocycles. The highest BCUT2D eigenvalue weighted by Crippen LogP contribution is 2.36. The number of aromatic nitrogens is 3. The first-order valence-corrected chi connectivity index (χ1v) is 9.71. The molecule has 2 amide bonds. The molecule has 1 saturated carbocycles. The molecule has 1 aromatic rings. The molecule has 0 bridgehead atoms. The number of amides is 2. The van der Waals surface area contributed by atoms with Gasteiger partial charge in [0.15, 0.2) is 5.82 Å². The quantitative estimate of drug-likeness (QED) is 0.667. The van der Waals surface area contributed by atoms with Crippen LogP contribution in [0, 0.1) is 0 Å². The predicted molar refractivity (Wildman–Crippen MR) is 96.8 cm³/mol. The zero-order chi connectivity index (χ0) is 19.2. The van der Waals surface area contributed by atoms with Crippen molar-refractivity contribution in [1.82, 2.24) is 25.0 Å². The summed E-state index contributed by atoms with van der Waals surface area (Å²) in [4.78, 5) is 26.0. The Hall–Kier alpha value is -2.00. The second-order valence-electron chi connectivity index (χ2n) is 7.34. The molecule has 27 heavy (non-hydrogen) atoms. The van der Waals surface area contributed by atoms with Gasteiger partial charge in [0, 0.05) is 38.6 Å². The molecule has 9 nitrogen and oxygen atoms in total. The molecule has 2 fully saturated rings. The van der Waals surface area contributed by atoms with E-state index in [1.165, 1.54) is 0 Å². The number of methoxy groups -OCH3 is 1. The van der Waals surface area contributed by atoms with Crippen LogP contribution in [0.1, 0.15) is 56.1 Å². The minimum Gasteiger partial charge on any atom is -0.388 e. The molecule has 9 heteroatoms. The van der Waals surface area contributed by atoms with Crippen molar-refractivity contribution in [3.05, 3.63) is 11.6 Å². The van der Waals surface area contributed by atoms with Gasteiger partial charge in [-0.15, -0.1) is 10.2 Å². The minimum atomic E-state index is -0.159. The van der Waals surface area contributed by atoms with Crippen molar-refractivity contribution in [2.75, 3.05) is 26.8 Å². The Morgan fingerprint density at radius 1 is 1.30 bits per heavy atom. The number of carbonyl (C=O) groups is 2. The number of hydrogen-bond acceptors (Lipinski definition) is 6. The summed E-state index contributed by atoms with van der Waals surface area (Å²) >= 11 is 0. The topological polar surface area (TPSA) is 110 Å². The van der Waals surface area contributed by atoms with Gasteiger partial charge in [-0.25, -0.2) is 0 Å². The molecule has 3 rings (SSSR count). The molecule has 150 valence electrons. The largest absolute Gasteiger partial charge is 0.388 e. The number of hydrogen-bond donors (Lipinski definition) is 2. The SMILES string of the molecule is COCCn1c(CO)nnc1C1CC(NC(=O)CN2CCCCCC2=O)C1. The van der Waals surface area contributed by atoms with Gasteiger partial charge in [-0.1, -0.05) is 6.42 Å². The van der Waals surface area contributed by atoms with Gasteiger partial charge < -0.3 is 24.6 Å². The fourth-order valence-corrected chi connectivity index (χ4v) is 3.79. The second-order valence-corrected chi connectivity index (χ2v) is 7.34. The highest BCUT2D eigenvalue weighted by molar-refractivity contribution is 5.85. The Balaban J connectivity index is 1.49. The van der Waals surface area contributed by atoms with Crippen molar-refractivity contribution in [3.63, 3.8) is 0 Å². The molecule has 0 atom stereocenters. The van der Waals surface area contributed by atoms with E-state index < -0.39 is 0 Å². The molecule has 0 spiro atoms. The molecule has 0 aromatic carbocycles. The summed E-state index contributed by atoms with van der Waals surface area (Å²) in [5, 5.41) is 20.7. The molecule has 0 radical (unpaired) electrons. The minimum absolute atomic E-state index is 0.0805. The molecule has 1 saturated heterocycles. The fraction of sp³-hybridized carbons (Fsp3) is 0.778. The van der Waals surface area contributed by atoms with Crippen LogP contribution in [0.4, 0.5) is 0 Å². The third-order valence-electron chi connectivity index (χ3n) is 5.39. The molecule has 1 aromatic heterocycles. The van der Waals surface area contributed by atoms with Crippen molar-refractivity contribution in [2.24, 2.45) is 0 Å². The number of ether oxygens (including phenoxy) is 1. The first-order chi connectivity index (χ1) is 13.1. The fourth-order valence-electron chi connectivity index (χ4n) is 3.79. The Bertz CT molecular complexity index is 656. The average Bonchev–Trinajstić information content (AvgIpc) is 2.92. The zero-order valence-electron chi connectivity index (χ0n) is 15.9. The Morgan fingerprint density at radius 3 is 2.85 bits per heavy atom. The highest BCUT2D eigenvalue weighted by Gasteiger charge is 2.35. The third-order valence-corrected chi connectivity index (χ3v) is 5.39. The number of nitrogens with zero attached hydrogens (tertiary/aromatic N) is 4. The van der Waals surface area contributed by atoms with E-state index in [0.717, 1.165) is 37.9 Å². The lowest BCUT2D eigenvalue weighted by Crippen LogP contribution is -2.48. The van der Waals surface area contributed by atoms with Crippen molar-refractivity contribution in [2.45, 2.75) is 63.6 Å². The Labute approximate surface area is 159 Å². The van der Waals surface area contributed by atoms with E-state index in [1.54, 1.807) is 12.0 Å². The molecular weight excluding hydrogens is 350 g/mol. The van der Waals surface area contributed by atoms with Gasteiger partial charge in [0.05, 0.1) is 13.2 Å². The maximum atomic E-state index is 12.3. The third kappa shape index (κ3) is 4.84. The van der Waals surface area contributed by atoms with Crippen LogP contribution >= 0.6 is 0 Å². The normalized spacial score (nSPS) is 23.0. The standard InChI is InChI=1S/C18H29N5O4/c1-27-8-7-23-15(12-24)20-21-18(23)13-9-14(10-13)19-16(25)11-22-6-4-2-3-5-17(22)26/h13-14,24H,2-12H2,1H3,(H,19,25). The lowest BCUT2D eigenvalue weighted by Gasteiger charge is -2.35. The van der Waals surface area contributed by atoms with Crippen LogP contribution in [0.3, 0.4) is 0 Å². The van der Waals surface area contributed by atoms with Crippen LogP contribution in [0.25, 0.3) is 0 Å². The van der Waals surface area contributed by atoms with Crippen LogP contribution in [-0.2, 0) is 27.5 Å². The Kier molecular flexibility index (Phi) is 6.78. The first kappa shape index (κ1) is 19.8. The van der Waals surface area contributed by atoms with Gasteiger partial charge in [0.25, 0.3) is 0 Å². The molecule has 2 aliphatic rings. The molecule has 0 unspecified atom stereocenters. The van der Waals surface area contributed by atoms with Crippen LogP contribution < -0.4 is 5.32 Å². The highest BCUT2D eigenvalue weighted by atomic mass is 16.5. The van der Waals surface area contributed by atoms with E-state index in [4.69, 9.17) is 4.74 Å². The summed E-state index contributed by atoms with van der Waals surface area (Å²) in [6, 6.07) is 0.0923. The maximum absolute atomic E-state index is 12.3. The second kappa shape index (κ2) is 9.27. The molecule has 1 aliphatic heterocycles. The van der Waals surface area contributed by atoms with Crippen LogP contribution in [0.2, 0.25) is 0 Å². The van der Waals surface area contributed by atoms with Crippen LogP contribution in [0.5, 0.6) is 0 Å². The van der Waals surface area contributed by atoms with E-state index in [1.807, 2.05) is 4.57 Å². The number of rotatable bonds is 8. The summed E-state index contributed by atoms with van der Waals surface area (Å²) < 4.78 is 7.02. The van der Waals surface area contributed by atoms with Crippen molar-refractivity contribution in [1.29, 1.82) is 0 Å². The monoisotopic (exact) mass is 379 g/mol. The number of carbonyl (C=O) groups excluding carboxylic acids is 2. The van der Waals surface area contributed by atoms with Crippen molar-refractivity contribution >= 4 is 11.8 Å². The van der Waals surface area contributed by atoms with Crippen LogP contribution in [0.15, 0.2) is 0 Å². The number of likely N-dealkylation sites (tertiary alicyclic amines) is 1. The summed E-state index contributed by atoms with van der Waals surface area (Å²) in [6.45, 7) is 1.78. The summed E-state index contributed by atoms with van der Waals surface area (Å²) in [6.07, 6.45) is 5.05. The molecular formula is C18H29N5O4. The smallest absolute Gasteiger partial charge is 0.239 e. The van der Waals surface area contributed by atoms with Gasteiger partial charge in [0.1, 0.15) is 12.4 Å². The number of nitrogens with one attached hydrogen (secondary N) is 1. The van der Waals surface area contributed by atoms with Crippen molar-refractivity contribution < 1.29 is 19.4 Å². The molecule has 2 heterocycles. The Morgan fingerprint density at radius 2 is 2.11 bits per heavy atom. The van der Waals surface area contributed by atoms with Crippen LogP contribution in [-0.4, -0.2) is 69.4 Å². The zero-order valence-corrected chi connectivity index (χ0v) is 15.9. The van der Waals surface area contributed by atoms with E-state index in [0.29, 0.717) is 31.9 Å². The lowest BCUT2D eigenvalue weighted by molar-refractivity contribution is -0.136. The summed E-state index contributed by atoms with van der Waals surface area (Å²) in [7, 11) is 1.63. The average molecular weight is 379 g/mol. The van der Waals surface area contributed by atoms with Gasteiger partial charge in [0.2, 0.25) is 11.8 Å². The van der Waals surface area contributed by atoms with E-state index in [-0.39, 0.29) is 36.9 Å². The number of aliphatic hydroxyl groups is 1. The maximum Gasteiger partial charge on any atom is 0.239 e. The summed E-state index contributed by atoms with van der Waals surface area (Å²) in [5.74, 6) is 1.57. The molecule has 2 N–H and O–H groups in total. The van der Waals surface area contributed by atoms with Gasteiger partial charge >= 0.3 is 0 Å².